The van der Waals surface area contributed by atoms with Crippen LogP contribution in [0.25, 0.3) is 10.9 Å². The summed E-state index contributed by atoms with van der Waals surface area (Å²) in [6, 6.07) is 19.7. The van der Waals surface area contributed by atoms with Crippen LogP contribution in [0.4, 0.5) is 0 Å². The topological polar surface area (TPSA) is 93.2 Å². The number of nitrogens with one attached hydrogen (secondary N) is 2. The van der Waals surface area contributed by atoms with Crippen molar-refractivity contribution in [2.45, 2.75) is 20.0 Å². The number of ether oxygens (including phenoxy) is 1. The maximum Gasteiger partial charge on any atom is 0.329 e. The van der Waals surface area contributed by atoms with Crippen LogP contribution in [0, 0.1) is 6.92 Å². The molecule has 2 N–H and O–H groups in total. The van der Waals surface area contributed by atoms with Crippen LogP contribution in [0.2, 0.25) is 0 Å². The number of amides is 1. The molecule has 0 fully saturated rings. The van der Waals surface area contributed by atoms with Gasteiger partial charge in [0.05, 0.1) is 24.6 Å². The molecule has 4 aromatic rings. The van der Waals surface area contributed by atoms with Crippen LogP contribution in [-0.2, 0) is 13.1 Å². The molecule has 0 aliphatic heterocycles. The second-order valence-corrected chi connectivity index (χ2v) is 7.60. The summed E-state index contributed by atoms with van der Waals surface area (Å²) >= 11 is 0. The number of carbonyl (C=O) groups is 1. The van der Waals surface area contributed by atoms with Crippen LogP contribution in [-0.4, -0.2) is 22.6 Å². The van der Waals surface area contributed by atoms with Crippen molar-refractivity contribution in [2.24, 2.45) is 0 Å². The zero-order chi connectivity index (χ0) is 22.7. The molecule has 0 aliphatic carbocycles. The van der Waals surface area contributed by atoms with E-state index < -0.39 is 11.2 Å². The summed E-state index contributed by atoms with van der Waals surface area (Å²) in [5.74, 6) is 0.414. The Morgan fingerprint density at radius 1 is 0.969 bits per heavy atom. The van der Waals surface area contributed by atoms with Crippen molar-refractivity contribution in [3.05, 3.63) is 110 Å². The van der Waals surface area contributed by atoms with Gasteiger partial charge >= 0.3 is 5.69 Å². The Morgan fingerprint density at radius 2 is 1.66 bits per heavy atom. The summed E-state index contributed by atoms with van der Waals surface area (Å²) in [5.41, 5.74) is 2.68. The van der Waals surface area contributed by atoms with Crippen molar-refractivity contribution in [3.8, 4) is 5.75 Å². The van der Waals surface area contributed by atoms with Gasteiger partial charge < -0.3 is 15.0 Å². The highest BCUT2D eigenvalue weighted by atomic mass is 16.5. The average Bonchev–Trinajstić information content (AvgIpc) is 2.81. The highest BCUT2D eigenvalue weighted by Gasteiger charge is 2.12. The van der Waals surface area contributed by atoms with Gasteiger partial charge in [-0.3, -0.25) is 14.2 Å². The number of hydrogen-bond donors (Lipinski definition) is 2. The van der Waals surface area contributed by atoms with Crippen molar-refractivity contribution in [1.29, 1.82) is 0 Å². The van der Waals surface area contributed by atoms with Crippen molar-refractivity contribution in [1.82, 2.24) is 14.9 Å². The summed E-state index contributed by atoms with van der Waals surface area (Å²) < 4.78 is 6.27. The number of rotatable bonds is 6. The predicted octanol–water partition coefficient (Wildman–Crippen LogP) is 2.99. The molecule has 0 atom stereocenters. The monoisotopic (exact) mass is 429 g/mol. The molecular weight excluding hydrogens is 406 g/mol. The van der Waals surface area contributed by atoms with Gasteiger partial charge in [0.15, 0.2) is 0 Å². The van der Waals surface area contributed by atoms with E-state index in [-0.39, 0.29) is 12.5 Å². The molecule has 32 heavy (non-hydrogen) atoms. The lowest BCUT2D eigenvalue weighted by atomic mass is 10.1. The Balaban J connectivity index is 1.57. The lowest BCUT2D eigenvalue weighted by molar-refractivity contribution is 0.0951. The summed E-state index contributed by atoms with van der Waals surface area (Å²) in [6.45, 7) is 2.52. The molecular formula is C25H23N3O4. The lowest BCUT2D eigenvalue weighted by Crippen LogP contribution is -2.35. The smallest absolute Gasteiger partial charge is 0.329 e. The Kier molecular flexibility index (Phi) is 5.89. The van der Waals surface area contributed by atoms with Gasteiger partial charge in [0, 0.05) is 12.1 Å². The third-order valence-electron chi connectivity index (χ3n) is 5.32. The molecule has 162 valence electrons. The number of aromatic amines is 1. The fourth-order valence-corrected chi connectivity index (χ4v) is 3.44. The van der Waals surface area contributed by atoms with Crippen LogP contribution < -0.4 is 21.3 Å². The molecule has 4 rings (SSSR count). The molecule has 7 nitrogen and oxygen atoms in total. The van der Waals surface area contributed by atoms with Gasteiger partial charge in [-0.15, -0.1) is 0 Å². The third-order valence-corrected chi connectivity index (χ3v) is 5.32. The molecule has 0 saturated heterocycles. The van der Waals surface area contributed by atoms with E-state index in [1.165, 1.54) is 6.07 Å². The number of nitrogens with zero attached hydrogens (tertiary/aromatic N) is 1. The van der Waals surface area contributed by atoms with Crippen molar-refractivity contribution < 1.29 is 9.53 Å². The molecule has 0 bridgehead atoms. The highest BCUT2D eigenvalue weighted by Crippen LogP contribution is 2.13. The summed E-state index contributed by atoms with van der Waals surface area (Å²) in [7, 11) is 1.57. The first-order valence-corrected chi connectivity index (χ1v) is 10.2. The molecule has 7 heteroatoms. The molecule has 0 unspecified atom stereocenters. The van der Waals surface area contributed by atoms with Gasteiger partial charge in [-0.2, -0.15) is 0 Å². The van der Waals surface area contributed by atoms with Crippen LogP contribution in [0.1, 0.15) is 27.0 Å². The van der Waals surface area contributed by atoms with Crippen LogP contribution in [0.15, 0.2) is 76.3 Å². The number of hydrogen-bond acceptors (Lipinski definition) is 4. The lowest BCUT2D eigenvalue weighted by Gasteiger charge is -2.09. The van der Waals surface area contributed by atoms with E-state index >= 15 is 0 Å². The number of carbonyl (C=O) groups excluding carboxylic acids is 1. The summed E-state index contributed by atoms with van der Waals surface area (Å²) in [5, 5.41) is 3.20. The second-order valence-electron chi connectivity index (χ2n) is 7.60. The van der Waals surface area contributed by atoms with Crippen molar-refractivity contribution >= 4 is 16.8 Å². The molecule has 0 radical (unpaired) electrons. The largest absolute Gasteiger partial charge is 0.497 e. The first-order chi connectivity index (χ1) is 15.4. The van der Waals surface area contributed by atoms with E-state index in [0.29, 0.717) is 28.8 Å². The van der Waals surface area contributed by atoms with E-state index in [2.05, 4.69) is 10.3 Å². The number of aryl methyl sites for hydroxylation is 1. The van der Waals surface area contributed by atoms with E-state index in [1.54, 1.807) is 43.5 Å². The van der Waals surface area contributed by atoms with E-state index in [0.717, 1.165) is 21.3 Å². The minimum Gasteiger partial charge on any atom is -0.497 e. The van der Waals surface area contributed by atoms with E-state index in [1.807, 2.05) is 31.2 Å². The van der Waals surface area contributed by atoms with Crippen LogP contribution in [0.5, 0.6) is 5.75 Å². The van der Waals surface area contributed by atoms with Crippen LogP contribution >= 0.6 is 0 Å². The highest BCUT2D eigenvalue weighted by molar-refractivity contribution is 5.97. The Hall–Kier alpha value is -4.13. The van der Waals surface area contributed by atoms with Gasteiger partial charge in [-0.05, 0) is 48.4 Å². The van der Waals surface area contributed by atoms with Gasteiger partial charge in [0.25, 0.3) is 11.5 Å². The second kappa shape index (κ2) is 8.93. The number of aromatic nitrogens is 2. The maximum atomic E-state index is 12.9. The van der Waals surface area contributed by atoms with Gasteiger partial charge in [0.1, 0.15) is 5.75 Å². The number of methoxy groups -OCH3 is 1. The summed E-state index contributed by atoms with van der Waals surface area (Å²) in [6.07, 6.45) is 0. The molecule has 1 amide bonds. The minimum atomic E-state index is -0.532. The quantitative estimate of drug-likeness (QED) is 0.493. The van der Waals surface area contributed by atoms with Gasteiger partial charge in [-0.25, -0.2) is 4.79 Å². The Labute approximate surface area is 184 Å². The number of benzene rings is 3. The fraction of sp³-hybridized carbons (Fsp3) is 0.160. The zero-order valence-electron chi connectivity index (χ0n) is 17.8. The maximum absolute atomic E-state index is 12.9. The third kappa shape index (κ3) is 4.46. The molecule has 0 spiro atoms. The van der Waals surface area contributed by atoms with Crippen molar-refractivity contribution in [3.63, 3.8) is 0 Å². The first-order valence-electron chi connectivity index (χ1n) is 10.2. The molecule has 1 heterocycles. The Morgan fingerprint density at radius 3 is 2.34 bits per heavy atom. The van der Waals surface area contributed by atoms with Crippen LogP contribution in [0.3, 0.4) is 0 Å². The normalized spacial score (nSPS) is 10.8. The minimum absolute atomic E-state index is 0.132. The molecule has 0 aliphatic rings. The molecule has 1 aromatic heterocycles. The fourth-order valence-electron chi connectivity index (χ4n) is 3.44. The van der Waals surface area contributed by atoms with E-state index in [4.69, 9.17) is 4.74 Å². The van der Waals surface area contributed by atoms with Gasteiger partial charge in [-0.1, -0.05) is 42.0 Å². The average molecular weight is 429 g/mol. The number of H-pyrrole nitrogens is 1. The zero-order valence-corrected chi connectivity index (χ0v) is 17.8. The number of fused-ring (bicyclic) bond motifs is 1. The Bertz CT molecular complexity index is 1380. The molecule has 0 saturated carbocycles. The van der Waals surface area contributed by atoms with E-state index in [9.17, 15) is 14.4 Å². The standard InChI is InChI=1S/C25H23N3O4/c1-16-3-5-17(6-4-16)14-26-23(29)19-9-12-21-22(13-19)27-25(31)28(24(21)30)15-18-7-10-20(32-2)11-8-18/h3-13H,14-15H2,1-2H3,(H,26,29)(H,27,31). The first kappa shape index (κ1) is 21.1. The SMILES string of the molecule is COc1ccc(Cn2c(=O)[nH]c3cc(C(=O)NCc4ccc(C)cc4)ccc3c2=O)cc1. The summed E-state index contributed by atoms with van der Waals surface area (Å²) in [4.78, 5) is 40.8. The van der Waals surface area contributed by atoms with Gasteiger partial charge in [0.2, 0.25) is 0 Å². The van der Waals surface area contributed by atoms with Crippen molar-refractivity contribution in [2.75, 3.05) is 7.11 Å². The predicted molar refractivity (Wildman–Crippen MR) is 123 cm³/mol. The molecule has 3 aromatic carbocycles.